The van der Waals surface area contributed by atoms with Gasteiger partial charge in [-0.15, -0.1) is 0 Å². The van der Waals surface area contributed by atoms with Gasteiger partial charge in [-0.05, 0) is 49.6 Å². The van der Waals surface area contributed by atoms with Gasteiger partial charge in [0, 0.05) is 25.2 Å². The average molecular weight is 325 g/mol. The molecule has 7 heteroatoms. The molecule has 1 aliphatic rings. The highest BCUT2D eigenvalue weighted by Gasteiger charge is 2.16. The van der Waals surface area contributed by atoms with E-state index in [-0.39, 0.29) is 10.8 Å². The number of anilines is 1. The summed E-state index contributed by atoms with van der Waals surface area (Å²) >= 11 is 0. The van der Waals surface area contributed by atoms with Crippen molar-refractivity contribution in [3.8, 4) is 0 Å². The summed E-state index contributed by atoms with van der Waals surface area (Å²) < 4.78 is 22.3. The fourth-order valence-corrected chi connectivity index (χ4v) is 3.22. The molecule has 2 rings (SSSR count). The Morgan fingerprint density at radius 2 is 2.05 bits per heavy atom. The van der Waals surface area contributed by atoms with Crippen molar-refractivity contribution in [2.24, 2.45) is 11.1 Å². The van der Waals surface area contributed by atoms with Crippen molar-refractivity contribution in [2.75, 3.05) is 25.0 Å². The molecule has 1 atom stereocenters. The molecule has 122 valence electrons. The fourth-order valence-electron chi connectivity index (χ4n) is 2.70. The summed E-state index contributed by atoms with van der Waals surface area (Å²) in [5.41, 5.74) is 0.574. The second kappa shape index (κ2) is 7.21. The van der Waals surface area contributed by atoms with Crippen molar-refractivity contribution in [3.05, 3.63) is 24.3 Å². The Hall–Kier alpha value is -1.44. The molecule has 1 aromatic carbocycles. The second-order valence-corrected chi connectivity index (χ2v) is 7.48. The maximum Gasteiger partial charge on any atom is 0.238 e. The summed E-state index contributed by atoms with van der Waals surface area (Å²) in [4.78, 5) is 14.3. The van der Waals surface area contributed by atoms with Crippen LogP contribution in [0.15, 0.2) is 29.2 Å². The minimum absolute atomic E-state index is 0.0350. The lowest BCUT2D eigenvalue weighted by Crippen LogP contribution is -2.36. The molecule has 0 aliphatic carbocycles. The topological polar surface area (TPSA) is 92.5 Å². The van der Waals surface area contributed by atoms with Crippen molar-refractivity contribution >= 4 is 21.6 Å². The molecule has 0 spiro atoms. The number of nitrogens with two attached hydrogens (primary N) is 1. The van der Waals surface area contributed by atoms with E-state index in [2.05, 4.69) is 17.1 Å². The van der Waals surface area contributed by atoms with Gasteiger partial charge in [0.05, 0.1) is 4.90 Å². The zero-order chi connectivity index (χ0) is 16.2. The molecule has 0 aromatic heterocycles. The van der Waals surface area contributed by atoms with E-state index < -0.39 is 10.0 Å². The van der Waals surface area contributed by atoms with Gasteiger partial charge in [-0.3, -0.25) is 4.79 Å². The van der Waals surface area contributed by atoms with Crippen LogP contribution in [0.4, 0.5) is 5.69 Å². The Balaban J connectivity index is 1.82. The van der Waals surface area contributed by atoms with Gasteiger partial charge in [-0.2, -0.15) is 0 Å². The highest BCUT2D eigenvalue weighted by Crippen LogP contribution is 2.16. The van der Waals surface area contributed by atoms with Crippen molar-refractivity contribution < 1.29 is 13.2 Å². The van der Waals surface area contributed by atoms with Gasteiger partial charge in [0.2, 0.25) is 15.9 Å². The predicted octanol–water partition coefficient (Wildman–Crippen LogP) is 1.39. The third-order valence-corrected chi connectivity index (χ3v) is 4.79. The summed E-state index contributed by atoms with van der Waals surface area (Å²) in [6.45, 7) is 5.10. The van der Waals surface area contributed by atoms with Gasteiger partial charge in [0.15, 0.2) is 0 Å². The lowest BCUT2D eigenvalue weighted by Gasteiger charge is -2.30. The third-order valence-electron chi connectivity index (χ3n) is 3.86. The summed E-state index contributed by atoms with van der Waals surface area (Å²) in [6.07, 6.45) is 2.89. The number of piperidine rings is 1. The van der Waals surface area contributed by atoms with E-state index in [0.29, 0.717) is 18.0 Å². The van der Waals surface area contributed by atoms with Gasteiger partial charge in [0.25, 0.3) is 0 Å². The van der Waals surface area contributed by atoms with Gasteiger partial charge >= 0.3 is 0 Å². The number of carbonyl (C=O) groups is 1. The van der Waals surface area contributed by atoms with Crippen LogP contribution < -0.4 is 10.5 Å². The van der Waals surface area contributed by atoms with E-state index in [1.54, 1.807) is 12.1 Å². The SMILES string of the molecule is CC1CCCN(CCC(=O)Nc2ccc(S(N)(=O)=O)cc2)C1. The van der Waals surface area contributed by atoms with Crippen molar-refractivity contribution in [1.29, 1.82) is 0 Å². The number of rotatable bonds is 5. The summed E-state index contributed by atoms with van der Waals surface area (Å²) in [5.74, 6) is 0.629. The molecule has 0 radical (unpaired) electrons. The van der Waals surface area contributed by atoms with E-state index in [0.717, 1.165) is 19.6 Å². The van der Waals surface area contributed by atoms with Gasteiger partial charge in [0.1, 0.15) is 0 Å². The summed E-state index contributed by atoms with van der Waals surface area (Å²) in [7, 11) is -3.70. The first-order valence-corrected chi connectivity index (χ1v) is 9.04. The van der Waals surface area contributed by atoms with Crippen LogP contribution >= 0.6 is 0 Å². The van der Waals surface area contributed by atoms with Crippen molar-refractivity contribution in [1.82, 2.24) is 4.90 Å². The molecule has 1 aromatic rings. The number of likely N-dealkylation sites (tertiary alicyclic amines) is 1. The van der Waals surface area contributed by atoms with E-state index in [1.165, 1.54) is 25.0 Å². The number of carbonyl (C=O) groups excluding carboxylic acids is 1. The molecule has 0 saturated carbocycles. The van der Waals surface area contributed by atoms with E-state index in [1.807, 2.05) is 0 Å². The molecule has 3 N–H and O–H groups in total. The largest absolute Gasteiger partial charge is 0.326 e. The standard InChI is InChI=1S/C15H23N3O3S/c1-12-3-2-9-18(11-12)10-8-15(19)17-13-4-6-14(7-5-13)22(16,20)21/h4-7,12H,2-3,8-11H2,1H3,(H,17,19)(H2,16,20,21). The normalized spacial score (nSPS) is 19.8. The molecule has 1 aliphatic heterocycles. The smallest absolute Gasteiger partial charge is 0.238 e. The Labute approximate surface area is 131 Å². The summed E-state index contributed by atoms with van der Waals surface area (Å²) in [5, 5.41) is 7.80. The molecule has 1 fully saturated rings. The van der Waals surface area contributed by atoms with Crippen molar-refractivity contribution in [2.45, 2.75) is 31.1 Å². The first kappa shape index (κ1) is 16.9. The number of benzene rings is 1. The predicted molar refractivity (Wildman–Crippen MR) is 85.9 cm³/mol. The molecular weight excluding hydrogens is 302 g/mol. The Morgan fingerprint density at radius 1 is 1.36 bits per heavy atom. The van der Waals surface area contributed by atoms with E-state index >= 15 is 0 Å². The van der Waals surface area contributed by atoms with Crippen LogP contribution in [0.2, 0.25) is 0 Å². The molecule has 0 bridgehead atoms. The molecular formula is C15H23N3O3S. The highest BCUT2D eigenvalue weighted by molar-refractivity contribution is 7.89. The highest BCUT2D eigenvalue weighted by atomic mass is 32.2. The maximum atomic E-state index is 11.9. The molecule has 1 saturated heterocycles. The van der Waals surface area contributed by atoms with Crippen LogP contribution in [0.25, 0.3) is 0 Å². The third kappa shape index (κ3) is 5.08. The van der Waals surface area contributed by atoms with Crippen LogP contribution in [0, 0.1) is 5.92 Å². The van der Waals surface area contributed by atoms with Gasteiger partial charge in [-0.1, -0.05) is 6.92 Å². The van der Waals surface area contributed by atoms with Crippen LogP contribution in [-0.4, -0.2) is 38.9 Å². The van der Waals surface area contributed by atoms with Crippen molar-refractivity contribution in [3.63, 3.8) is 0 Å². The van der Waals surface area contributed by atoms with Crippen LogP contribution in [-0.2, 0) is 14.8 Å². The van der Waals surface area contributed by atoms with Crippen LogP contribution in [0.3, 0.4) is 0 Å². The first-order valence-electron chi connectivity index (χ1n) is 7.49. The Kier molecular flexibility index (Phi) is 5.55. The van der Waals surface area contributed by atoms with Gasteiger partial charge < -0.3 is 10.2 Å². The molecule has 1 unspecified atom stereocenters. The number of hydrogen-bond donors (Lipinski definition) is 2. The average Bonchev–Trinajstić information content (AvgIpc) is 2.45. The number of nitrogens with zero attached hydrogens (tertiary/aromatic N) is 1. The van der Waals surface area contributed by atoms with E-state index in [4.69, 9.17) is 5.14 Å². The van der Waals surface area contributed by atoms with Crippen LogP contribution in [0.5, 0.6) is 0 Å². The Morgan fingerprint density at radius 3 is 2.64 bits per heavy atom. The number of hydrogen-bond acceptors (Lipinski definition) is 4. The molecule has 6 nitrogen and oxygen atoms in total. The lowest BCUT2D eigenvalue weighted by atomic mass is 10.0. The van der Waals surface area contributed by atoms with Crippen LogP contribution in [0.1, 0.15) is 26.2 Å². The Bertz CT molecular complexity index is 613. The zero-order valence-electron chi connectivity index (χ0n) is 12.8. The molecule has 22 heavy (non-hydrogen) atoms. The quantitative estimate of drug-likeness (QED) is 0.856. The number of amides is 1. The second-order valence-electron chi connectivity index (χ2n) is 5.92. The van der Waals surface area contributed by atoms with Gasteiger partial charge in [-0.25, -0.2) is 13.6 Å². The molecule has 1 heterocycles. The maximum absolute atomic E-state index is 11.9. The number of primary sulfonamides is 1. The monoisotopic (exact) mass is 325 g/mol. The summed E-state index contributed by atoms with van der Waals surface area (Å²) in [6, 6.07) is 5.86. The lowest BCUT2D eigenvalue weighted by molar-refractivity contribution is -0.116. The first-order chi connectivity index (χ1) is 10.3. The minimum atomic E-state index is -3.70. The number of nitrogens with one attached hydrogen (secondary N) is 1. The van der Waals surface area contributed by atoms with E-state index in [9.17, 15) is 13.2 Å². The number of sulfonamides is 1. The zero-order valence-corrected chi connectivity index (χ0v) is 13.6. The molecule has 1 amide bonds. The fraction of sp³-hybridized carbons (Fsp3) is 0.533. The minimum Gasteiger partial charge on any atom is -0.326 e.